The van der Waals surface area contributed by atoms with Crippen LogP contribution in [0.15, 0.2) is 0 Å². The van der Waals surface area contributed by atoms with Gasteiger partial charge in [0.15, 0.2) is 5.69 Å². The normalized spacial score (nSPS) is 17.6. The average molecular weight is 265 g/mol. The highest BCUT2D eigenvalue weighted by atomic mass is 16.1. The van der Waals surface area contributed by atoms with Crippen molar-refractivity contribution in [3.8, 4) is 0 Å². The molecule has 0 aliphatic carbocycles. The predicted molar refractivity (Wildman–Crippen MR) is 74.9 cm³/mol. The van der Waals surface area contributed by atoms with E-state index < -0.39 is 0 Å². The minimum atomic E-state index is -0.181. The highest BCUT2D eigenvalue weighted by Crippen LogP contribution is 2.17. The fourth-order valence-corrected chi connectivity index (χ4v) is 2.44. The Morgan fingerprint density at radius 1 is 1.53 bits per heavy atom. The van der Waals surface area contributed by atoms with Gasteiger partial charge in [-0.3, -0.25) is 9.89 Å². The van der Waals surface area contributed by atoms with Crippen molar-refractivity contribution in [3.63, 3.8) is 0 Å². The number of hydrogen-bond acceptors (Lipinski definition) is 4. The number of nitrogen functional groups attached to an aromatic ring is 1. The Morgan fingerprint density at radius 3 is 2.74 bits per heavy atom. The van der Waals surface area contributed by atoms with Crippen molar-refractivity contribution in [2.75, 3.05) is 31.9 Å². The predicted octanol–water partition coefficient (Wildman–Crippen LogP) is 0.762. The third kappa shape index (κ3) is 3.26. The maximum absolute atomic E-state index is 12.0. The Balaban J connectivity index is 1.80. The van der Waals surface area contributed by atoms with Gasteiger partial charge in [-0.15, -0.1) is 0 Å². The first kappa shape index (κ1) is 13.9. The second-order valence-electron chi connectivity index (χ2n) is 5.20. The van der Waals surface area contributed by atoms with E-state index in [0.29, 0.717) is 23.8 Å². The summed E-state index contributed by atoms with van der Waals surface area (Å²) in [6, 6.07) is 0. The zero-order valence-corrected chi connectivity index (χ0v) is 11.7. The number of carbonyl (C=O) groups excluding carboxylic acids is 1. The topological polar surface area (TPSA) is 87.0 Å². The van der Waals surface area contributed by atoms with Gasteiger partial charge in [-0.25, -0.2) is 0 Å². The van der Waals surface area contributed by atoms with Gasteiger partial charge in [0.1, 0.15) is 0 Å². The molecular weight excluding hydrogens is 242 g/mol. The molecular formula is C13H23N5O. The van der Waals surface area contributed by atoms with Gasteiger partial charge >= 0.3 is 0 Å². The largest absolute Gasteiger partial charge is 0.395 e. The van der Waals surface area contributed by atoms with Crippen LogP contribution in [0.2, 0.25) is 0 Å². The lowest BCUT2D eigenvalue weighted by Gasteiger charge is -2.30. The molecule has 4 N–H and O–H groups in total. The molecule has 1 amide bonds. The molecule has 0 aromatic carbocycles. The van der Waals surface area contributed by atoms with E-state index in [1.807, 2.05) is 0 Å². The molecule has 0 saturated carbocycles. The van der Waals surface area contributed by atoms with Crippen molar-refractivity contribution in [2.45, 2.75) is 26.7 Å². The number of rotatable bonds is 4. The van der Waals surface area contributed by atoms with Gasteiger partial charge in [-0.2, -0.15) is 5.10 Å². The first-order valence-electron chi connectivity index (χ1n) is 6.92. The van der Waals surface area contributed by atoms with E-state index in [1.165, 1.54) is 0 Å². The number of amides is 1. The van der Waals surface area contributed by atoms with Crippen LogP contribution in [0.1, 0.15) is 35.9 Å². The Kier molecular flexibility index (Phi) is 4.42. The van der Waals surface area contributed by atoms with Crippen LogP contribution in [0, 0.1) is 12.8 Å². The van der Waals surface area contributed by atoms with Crippen molar-refractivity contribution in [2.24, 2.45) is 5.92 Å². The van der Waals surface area contributed by atoms with Crippen molar-refractivity contribution in [3.05, 3.63) is 11.4 Å². The fourth-order valence-electron chi connectivity index (χ4n) is 2.44. The zero-order valence-electron chi connectivity index (χ0n) is 11.7. The van der Waals surface area contributed by atoms with Crippen LogP contribution < -0.4 is 11.1 Å². The number of likely N-dealkylation sites (tertiary alicyclic amines) is 1. The Morgan fingerprint density at radius 2 is 2.21 bits per heavy atom. The van der Waals surface area contributed by atoms with Gasteiger partial charge in [0.25, 0.3) is 5.91 Å². The Hall–Kier alpha value is -1.56. The van der Waals surface area contributed by atoms with Crippen LogP contribution in [0.5, 0.6) is 0 Å². The number of nitrogens with two attached hydrogens (primary N) is 1. The standard InChI is InChI=1S/C13H23N5O/c1-3-18-6-4-10(5-7-18)8-15-13(19)12-11(14)9(2)16-17-12/h10H,3-8,14H2,1-2H3,(H,15,19)(H,16,17). The Labute approximate surface area is 113 Å². The molecule has 1 aromatic heterocycles. The summed E-state index contributed by atoms with van der Waals surface area (Å²) >= 11 is 0. The summed E-state index contributed by atoms with van der Waals surface area (Å²) < 4.78 is 0. The van der Waals surface area contributed by atoms with E-state index >= 15 is 0 Å². The minimum Gasteiger partial charge on any atom is -0.395 e. The van der Waals surface area contributed by atoms with Crippen LogP contribution in [-0.2, 0) is 0 Å². The number of hydrogen-bond donors (Lipinski definition) is 3. The number of nitrogens with one attached hydrogen (secondary N) is 2. The molecule has 6 nitrogen and oxygen atoms in total. The van der Waals surface area contributed by atoms with Crippen LogP contribution >= 0.6 is 0 Å². The average Bonchev–Trinajstić information content (AvgIpc) is 2.77. The second-order valence-corrected chi connectivity index (χ2v) is 5.20. The van der Waals surface area contributed by atoms with Gasteiger partial charge in [0.05, 0.1) is 11.4 Å². The maximum atomic E-state index is 12.0. The molecule has 1 aromatic rings. The Bertz CT molecular complexity index is 434. The van der Waals surface area contributed by atoms with Crippen LogP contribution in [-0.4, -0.2) is 47.2 Å². The highest BCUT2D eigenvalue weighted by Gasteiger charge is 2.20. The van der Waals surface area contributed by atoms with E-state index in [9.17, 15) is 4.79 Å². The number of aromatic amines is 1. The number of piperidine rings is 1. The summed E-state index contributed by atoms with van der Waals surface area (Å²) in [6.45, 7) is 8.07. The van der Waals surface area contributed by atoms with E-state index in [1.54, 1.807) is 6.92 Å². The van der Waals surface area contributed by atoms with Crippen LogP contribution in [0.25, 0.3) is 0 Å². The summed E-state index contributed by atoms with van der Waals surface area (Å²) in [5.41, 5.74) is 7.28. The van der Waals surface area contributed by atoms with Gasteiger partial charge in [0, 0.05) is 6.54 Å². The van der Waals surface area contributed by atoms with E-state index in [4.69, 9.17) is 5.73 Å². The minimum absolute atomic E-state index is 0.181. The second kappa shape index (κ2) is 6.06. The maximum Gasteiger partial charge on any atom is 0.273 e. The molecule has 1 aliphatic rings. The molecule has 106 valence electrons. The summed E-state index contributed by atoms with van der Waals surface area (Å²) in [5, 5.41) is 9.60. The summed E-state index contributed by atoms with van der Waals surface area (Å²) in [7, 11) is 0. The summed E-state index contributed by atoms with van der Waals surface area (Å²) in [6.07, 6.45) is 2.28. The molecule has 19 heavy (non-hydrogen) atoms. The number of aryl methyl sites for hydroxylation is 1. The van der Waals surface area contributed by atoms with Gasteiger partial charge in [-0.05, 0) is 45.3 Å². The van der Waals surface area contributed by atoms with Gasteiger partial charge in [0.2, 0.25) is 0 Å². The molecule has 0 radical (unpaired) electrons. The molecule has 1 saturated heterocycles. The quantitative estimate of drug-likeness (QED) is 0.750. The molecule has 1 aliphatic heterocycles. The number of carbonyl (C=O) groups is 1. The third-order valence-corrected chi connectivity index (χ3v) is 3.92. The van der Waals surface area contributed by atoms with E-state index in [0.717, 1.165) is 38.2 Å². The molecule has 0 unspecified atom stereocenters. The lowest BCUT2D eigenvalue weighted by Crippen LogP contribution is -2.38. The summed E-state index contributed by atoms with van der Waals surface area (Å²) in [4.78, 5) is 14.4. The fraction of sp³-hybridized carbons (Fsp3) is 0.692. The molecule has 1 fully saturated rings. The van der Waals surface area contributed by atoms with Gasteiger partial charge < -0.3 is 16.0 Å². The molecule has 2 rings (SSSR count). The first-order valence-corrected chi connectivity index (χ1v) is 6.92. The molecule has 0 atom stereocenters. The van der Waals surface area contributed by atoms with Crippen molar-refractivity contribution in [1.29, 1.82) is 0 Å². The molecule has 6 heteroatoms. The molecule has 0 spiro atoms. The summed E-state index contributed by atoms with van der Waals surface area (Å²) in [5.74, 6) is 0.382. The SMILES string of the molecule is CCN1CCC(CNC(=O)c2n[nH]c(C)c2N)CC1. The highest BCUT2D eigenvalue weighted by molar-refractivity contribution is 5.97. The smallest absolute Gasteiger partial charge is 0.273 e. The van der Waals surface area contributed by atoms with Gasteiger partial charge in [-0.1, -0.05) is 6.92 Å². The molecule has 2 heterocycles. The monoisotopic (exact) mass is 265 g/mol. The lowest BCUT2D eigenvalue weighted by molar-refractivity contribution is 0.0932. The molecule has 0 bridgehead atoms. The van der Waals surface area contributed by atoms with Crippen molar-refractivity contribution < 1.29 is 4.79 Å². The van der Waals surface area contributed by atoms with E-state index in [2.05, 4.69) is 27.3 Å². The number of aromatic nitrogens is 2. The zero-order chi connectivity index (χ0) is 13.8. The van der Waals surface area contributed by atoms with E-state index in [-0.39, 0.29) is 5.91 Å². The van der Waals surface area contributed by atoms with Crippen LogP contribution in [0.3, 0.4) is 0 Å². The van der Waals surface area contributed by atoms with Crippen molar-refractivity contribution in [1.82, 2.24) is 20.4 Å². The van der Waals surface area contributed by atoms with Crippen LogP contribution in [0.4, 0.5) is 5.69 Å². The number of nitrogens with zero attached hydrogens (tertiary/aromatic N) is 2. The van der Waals surface area contributed by atoms with Crippen molar-refractivity contribution >= 4 is 11.6 Å². The first-order chi connectivity index (χ1) is 9.11. The lowest BCUT2D eigenvalue weighted by atomic mass is 9.97. The third-order valence-electron chi connectivity index (χ3n) is 3.92. The number of H-pyrrole nitrogens is 1. The number of anilines is 1.